The highest BCUT2D eigenvalue weighted by Crippen LogP contribution is 2.24. The summed E-state index contributed by atoms with van der Waals surface area (Å²) in [5, 5.41) is 0. The number of rotatable bonds is 17. The lowest BCUT2D eigenvalue weighted by Gasteiger charge is -2.20. The molecule has 2 unspecified atom stereocenters. The van der Waals surface area contributed by atoms with Gasteiger partial charge in [0.15, 0.2) is 0 Å². The highest BCUT2D eigenvalue weighted by molar-refractivity contribution is 5.94. The van der Waals surface area contributed by atoms with Gasteiger partial charge in [0.25, 0.3) is 0 Å². The van der Waals surface area contributed by atoms with Crippen LogP contribution >= 0.6 is 0 Å². The summed E-state index contributed by atoms with van der Waals surface area (Å²) >= 11 is 0. The van der Waals surface area contributed by atoms with E-state index < -0.39 is 5.92 Å². The molecule has 0 saturated carbocycles. The summed E-state index contributed by atoms with van der Waals surface area (Å²) in [4.78, 5) is 50.6. The van der Waals surface area contributed by atoms with Gasteiger partial charge in [-0.2, -0.15) is 0 Å². The number of hydrogen-bond acceptors (Lipinski definition) is 4. The van der Waals surface area contributed by atoms with Crippen LogP contribution in [0.4, 0.5) is 0 Å². The van der Waals surface area contributed by atoms with Crippen molar-refractivity contribution >= 4 is 23.1 Å². The number of carbonyl (C=O) groups is 4. The van der Waals surface area contributed by atoms with E-state index in [-0.39, 0.29) is 66.1 Å². The molecule has 0 fully saturated rings. The van der Waals surface area contributed by atoms with E-state index in [0.29, 0.717) is 31.6 Å². The summed E-state index contributed by atoms with van der Waals surface area (Å²) in [6.07, 6.45) is 3.35. The molecule has 0 aromatic heterocycles. The molecule has 2 atom stereocenters. The zero-order chi connectivity index (χ0) is 23.4. The van der Waals surface area contributed by atoms with E-state index >= 15 is 0 Å². The van der Waals surface area contributed by atoms with Crippen LogP contribution in [-0.2, 0) is 19.2 Å². The van der Waals surface area contributed by atoms with Crippen LogP contribution in [0.15, 0.2) is 0 Å². The zero-order valence-corrected chi connectivity index (χ0v) is 20.8. The summed E-state index contributed by atoms with van der Waals surface area (Å²) in [6, 6.07) is 0. The number of hydrogen-bond donors (Lipinski definition) is 0. The van der Waals surface area contributed by atoms with Gasteiger partial charge in [0.2, 0.25) is 0 Å². The summed E-state index contributed by atoms with van der Waals surface area (Å²) in [5.41, 5.74) is 0. The molecular weight excluding hydrogens is 376 g/mol. The molecule has 4 heteroatoms. The predicted molar refractivity (Wildman–Crippen MR) is 123 cm³/mol. The largest absolute Gasteiger partial charge is 0.300 e. The molecule has 0 aliphatic carbocycles. The van der Waals surface area contributed by atoms with E-state index in [1.807, 2.05) is 41.5 Å². The third kappa shape index (κ3) is 13.8. The van der Waals surface area contributed by atoms with Crippen LogP contribution in [0.5, 0.6) is 0 Å². The molecule has 174 valence electrons. The number of carbonyl (C=O) groups excluding carboxylic acids is 4. The fourth-order valence-electron chi connectivity index (χ4n) is 3.80. The van der Waals surface area contributed by atoms with Gasteiger partial charge in [0.05, 0.1) is 0 Å². The van der Waals surface area contributed by atoms with Crippen LogP contribution in [0.25, 0.3) is 0 Å². The van der Waals surface area contributed by atoms with Crippen LogP contribution in [0.1, 0.15) is 107 Å². The van der Waals surface area contributed by atoms with Gasteiger partial charge in [-0.3, -0.25) is 19.2 Å². The molecule has 0 N–H and O–H groups in total. The molecule has 0 aromatic carbocycles. The van der Waals surface area contributed by atoms with Gasteiger partial charge in [-0.25, -0.2) is 0 Å². The van der Waals surface area contributed by atoms with Crippen molar-refractivity contribution in [2.45, 2.75) is 107 Å². The molecule has 0 aromatic rings. The first-order chi connectivity index (χ1) is 13.8. The minimum absolute atomic E-state index is 0.00249. The van der Waals surface area contributed by atoms with Gasteiger partial charge in [0, 0.05) is 50.4 Å². The first kappa shape index (κ1) is 28.7. The molecule has 4 nitrogen and oxygen atoms in total. The summed E-state index contributed by atoms with van der Waals surface area (Å²) < 4.78 is 0. The van der Waals surface area contributed by atoms with Crippen molar-refractivity contribution in [3.05, 3.63) is 0 Å². The third-order valence-electron chi connectivity index (χ3n) is 5.28. The molecule has 0 heterocycles. The van der Waals surface area contributed by atoms with E-state index in [9.17, 15) is 19.2 Å². The molecule has 0 saturated heterocycles. The average molecular weight is 423 g/mol. The molecule has 0 bridgehead atoms. The minimum atomic E-state index is -0.544. The van der Waals surface area contributed by atoms with Crippen molar-refractivity contribution in [3.63, 3.8) is 0 Å². The van der Waals surface area contributed by atoms with E-state index in [0.717, 1.165) is 6.42 Å². The monoisotopic (exact) mass is 422 g/mol. The van der Waals surface area contributed by atoms with Crippen molar-refractivity contribution in [3.8, 4) is 0 Å². The van der Waals surface area contributed by atoms with Gasteiger partial charge in [-0.15, -0.1) is 0 Å². The first-order valence-electron chi connectivity index (χ1n) is 11.9. The fraction of sp³-hybridized carbons (Fsp3) is 0.846. The highest BCUT2D eigenvalue weighted by atomic mass is 16.1. The van der Waals surface area contributed by atoms with Crippen LogP contribution in [-0.4, -0.2) is 23.1 Å². The lowest BCUT2D eigenvalue weighted by Crippen LogP contribution is -2.26. The van der Waals surface area contributed by atoms with Gasteiger partial charge in [-0.05, 0) is 30.1 Å². The summed E-state index contributed by atoms with van der Waals surface area (Å²) in [7, 11) is 0. The first-order valence-corrected chi connectivity index (χ1v) is 11.9. The molecule has 0 aliphatic heterocycles. The Morgan fingerprint density at radius 1 is 0.433 bits per heavy atom. The van der Waals surface area contributed by atoms with Gasteiger partial charge in [0.1, 0.15) is 23.1 Å². The Bertz CT molecular complexity index is 557. The maximum absolute atomic E-state index is 12.9. The van der Waals surface area contributed by atoms with Gasteiger partial charge < -0.3 is 0 Å². The normalized spacial score (nSPS) is 13.9. The Hall–Kier alpha value is -1.32. The lowest BCUT2D eigenvalue weighted by atomic mass is 9.82. The molecular formula is C26H46O4. The second-order valence-corrected chi connectivity index (χ2v) is 10.8. The number of Topliss-reactive ketones (excluding diaryl/α,β-unsaturated/α-hetero) is 4. The summed E-state index contributed by atoms with van der Waals surface area (Å²) in [5.74, 6) is 0.512. The second-order valence-electron chi connectivity index (χ2n) is 10.8. The second kappa shape index (κ2) is 14.6. The maximum atomic E-state index is 12.9. The van der Waals surface area contributed by atoms with Crippen LogP contribution in [0, 0.1) is 35.5 Å². The Kier molecular flexibility index (Phi) is 14.0. The molecule has 0 rings (SSSR count). The third-order valence-corrected chi connectivity index (χ3v) is 5.28. The Morgan fingerprint density at radius 2 is 0.800 bits per heavy atom. The van der Waals surface area contributed by atoms with Crippen LogP contribution in [0.2, 0.25) is 0 Å². The lowest BCUT2D eigenvalue weighted by molar-refractivity contribution is -0.133. The Labute approximate surface area is 185 Å². The van der Waals surface area contributed by atoms with E-state index in [2.05, 4.69) is 13.8 Å². The molecule has 0 amide bonds. The molecule has 0 radical (unpaired) electrons. The average Bonchev–Trinajstić information content (AvgIpc) is 2.55. The molecule has 0 aliphatic rings. The van der Waals surface area contributed by atoms with Crippen molar-refractivity contribution in [1.29, 1.82) is 0 Å². The maximum Gasteiger partial charge on any atom is 0.137 e. The zero-order valence-electron chi connectivity index (χ0n) is 20.8. The van der Waals surface area contributed by atoms with Gasteiger partial charge in [-0.1, -0.05) is 61.8 Å². The Morgan fingerprint density at radius 3 is 1.20 bits per heavy atom. The van der Waals surface area contributed by atoms with Crippen molar-refractivity contribution in [2.24, 2.45) is 35.5 Å². The molecule has 30 heavy (non-hydrogen) atoms. The predicted octanol–water partition coefficient (Wildman–Crippen LogP) is 6.24. The minimum Gasteiger partial charge on any atom is -0.300 e. The van der Waals surface area contributed by atoms with Crippen molar-refractivity contribution in [2.75, 3.05) is 0 Å². The standard InChI is InChI=1S/C26H46O4/c1-17(2)9-10-21(25(29)12-19(5)6)14-24(28)16-22(26(30)13-20(7)8)15-23(27)11-18(3)4/h17-22H,9-16H2,1-8H3. The van der Waals surface area contributed by atoms with Crippen molar-refractivity contribution in [1.82, 2.24) is 0 Å². The van der Waals surface area contributed by atoms with Gasteiger partial charge >= 0.3 is 0 Å². The number of ketones is 4. The smallest absolute Gasteiger partial charge is 0.137 e. The quantitative estimate of drug-likeness (QED) is 0.278. The van der Waals surface area contributed by atoms with E-state index in [1.165, 1.54) is 0 Å². The van der Waals surface area contributed by atoms with Crippen molar-refractivity contribution < 1.29 is 19.2 Å². The SMILES string of the molecule is CC(C)CCC(CC(=O)CC(CC(=O)CC(C)C)C(=O)CC(C)C)C(=O)CC(C)C. The summed E-state index contributed by atoms with van der Waals surface area (Å²) in [6.45, 7) is 16.2. The van der Waals surface area contributed by atoms with Crippen LogP contribution < -0.4 is 0 Å². The van der Waals surface area contributed by atoms with E-state index in [4.69, 9.17) is 0 Å². The van der Waals surface area contributed by atoms with E-state index in [1.54, 1.807) is 0 Å². The molecule has 0 spiro atoms. The Balaban J connectivity index is 5.21. The fourth-order valence-corrected chi connectivity index (χ4v) is 3.80. The highest BCUT2D eigenvalue weighted by Gasteiger charge is 2.28. The van der Waals surface area contributed by atoms with Crippen LogP contribution in [0.3, 0.4) is 0 Å². The topological polar surface area (TPSA) is 68.3 Å².